The lowest BCUT2D eigenvalue weighted by Gasteiger charge is -2.14. The quantitative estimate of drug-likeness (QED) is 0.493. The van der Waals surface area contributed by atoms with Gasteiger partial charge in [-0.25, -0.2) is 8.42 Å². The number of amides is 1. The molecule has 0 bridgehead atoms. The molecule has 10 heteroatoms. The van der Waals surface area contributed by atoms with Crippen molar-refractivity contribution in [3.8, 4) is 29.6 Å². The highest BCUT2D eigenvalue weighted by atomic mass is 32.2. The topological polar surface area (TPSA) is 123 Å². The Morgan fingerprint density at radius 3 is 2.67 bits per heavy atom. The van der Waals surface area contributed by atoms with Gasteiger partial charge in [0, 0.05) is 18.2 Å². The number of carbonyl (C=O) groups excluding carboxylic acids is 1. The summed E-state index contributed by atoms with van der Waals surface area (Å²) in [4.78, 5) is 12.2. The number of sulfonamides is 1. The molecule has 0 fully saturated rings. The lowest BCUT2D eigenvalue weighted by molar-refractivity contribution is 0.0843. The van der Waals surface area contributed by atoms with Crippen molar-refractivity contribution >= 4 is 15.9 Å². The summed E-state index contributed by atoms with van der Waals surface area (Å²) in [6.45, 7) is -0.0658. The van der Waals surface area contributed by atoms with Crippen LogP contribution in [-0.4, -0.2) is 52.0 Å². The zero-order chi connectivity index (χ0) is 21.6. The smallest absolute Gasteiger partial charge is 0.251 e. The highest BCUT2D eigenvalue weighted by molar-refractivity contribution is 7.89. The molecule has 0 radical (unpaired) electrons. The van der Waals surface area contributed by atoms with Gasteiger partial charge < -0.3 is 24.6 Å². The van der Waals surface area contributed by atoms with Gasteiger partial charge in [0.1, 0.15) is 18.5 Å². The van der Waals surface area contributed by atoms with Crippen LogP contribution in [0.1, 0.15) is 10.4 Å². The Bertz CT molecular complexity index is 1050. The van der Waals surface area contributed by atoms with Crippen molar-refractivity contribution in [3.05, 3.63) is 48.0 Å². The molecule has 1 atom stereocenters. The standard InChI is InChI=1S/C20H20N2O7S/c1-2-9-22-30(25,26)17-6-3-14(4-7-17)20(24)21-11-15(23)12-27-16-5-8-18-19(10-16)29-13-28-18/h1,3-8,10,15,22-23H,9,11-13H2,(H,21,24). The van der Waals surface area contributed by atoms with E-state index >= 15 is 0 Å². The summed E-state index contributed by atoms with van der Waals surface area (Å²) < 4.78 is 42.1. The van der Waals surface area contributed by atoms with Crippen molar-refractivity contribution in [1.29, 1.82) is 0 Å². The van der Waals surface area contributed by atoms with Crippen LogP contribution >= 0.6 is 0 Å². The number of fused-ring (bicyclic) bond motifs is 1. The van der Waals surface area contributed by atoms with E-state index in [1.54, 1.807) is 18.2 Å². The first-order valence-corrected chi connectivity index (χ1v) is 10.4. The zero-order valence-corrected chi connectivity index (χ0v) is 16.6. The van der Waals surface area contributed by atoms with Gasteiger partial charge in [-0.2, -0.15) is 4.72 Å². The Balaban J connectivity index is 1.47. The summed E-state index contributed by atoms with van der Waals surface area (Å²) >= 11 is 0. The first kappa shape index (κ1) is 21.4. The molecular formula is C20H20N2O7S. The van der Waals surface area contributed by atoms with E-state index in [9.17, 15) is 18.3 Å². The molecule has 158 valence electrons. The van der Waals surface area contributed by atoms with E-state index in [4.69, 9.17) is 20.6 Å². The summed E-state index contributed by atoms with van der Waals surface area (Å²) in [5, 5.41) is 12.6. The third kappa shape index (κ3) is 5.42. The first-order valence-electron chi connectivity index (χ1n) is 8.91. The van der Waals surface area contributed by atoms with Crippen LogP contribution < -0.4 is 24.2 Å². The first-order chi connectivity index (χ1) is 14.4. The monoisotopic (exact) mass is 432 g/mol. The van der Waals surface area contributed by atoms with Gasteiger partial charge in [-0.15, -0.1) is 6.42 Å². The van der Waals surface area contributed by atoms with Crippen LogP contribution in [0.3, 0.4) is 0 Å². The van der Waals surface area contributed by atoms with E-state index in [0.717, 1.165) is 0 Å². The number of nitrogens with one attached hydrogen (secondary N) is 2. The Hall–Kier alpha value is -3.26. The molecule has 0 spiro atoms. The number of aliphatic hydroxyl groups excluding tert-OH is 1. The highest BCUT2D eigenvalue weighted by Crippen LogP contribution is 2.35. The Morgan fingerprint density at radius 2 is 1.93 bits per heavy atom. The van der Waals surface area contributed by atoms with E-state index in [2.05, 4.69) is 16.0 Å². The van der Waals surface area contributed by atoms with E-state index in [0.29, 0.717) is 17.2 Å². The second-order valence-corrected chi connectivity index (χ2v) is 8.01. The molecule has 1 aliphatic heterocycles. The van der Waals surface area contributed by atoms with Gasteiger partial charge in [-0.3, -0.25) is 4.79 Å². The lowest BCUT2D eigenvalue weighted by Crippen LogP contribution is -2.35. The summed E-state index contributed by atoms with van der Waals surface area (Å²) in [5.41, 5.74) is 0.245. The van der Waals surface area contributed by atoms with Gasteiger partial charge in [0.05, 0.1) is 11.4 Å². The number of hydrogen-bond donors (Lipinski definition) is 3. The maximum atomic E-state index is 12.2. The van der Waals surface area contributed by atoms with Crippen LogP contribution in [0, 0.1) is 12.3 Å². The third-order valence-electron chi connectivity index (χ3n) is 4.08. The van der Waals surface area contributed by atoms with E-state index in [1.807, 2.05) is 0 Å². The zero-order valence-electron chi connectivity index (χ0n) is 15.8. The number of rotatable bonds is 9. The van der Waals surface area contributed by atoms with Crippen LogP contribution in [0.2, 0.25) is 0 Å². The largest absolute Gasteiger partial charge is 0.491 e. The predicted octanol–water partition coefficient (Wildman–Crippen LogP) is 0.496. The van der Waals surface area contributed by atoms with Crippen molar-refractivity contribution < 1.29 is 32.5 Å². The van der Waals surface area contributed by atoms with Gasteiger partial charge in [-0.05, 0) is 36.4 Å². The SMILES string of the molecule is C#CCNS(=O)(=O)c1ccc(C(=O)NCC(O)COc2ccc3c(c2)OCO3)cc1. The van der Waals surface area contributed by atoms with Crippen molar-refractivity contribution in [2.45, 2.75) is 11.0 Å². The van der Waals surface area contributed by atoms with Crippen LogP contribution in [0.4, 0.5) is 0 Å². The number of ether oxygens (including phenoxy) is 3. The number of aliphatic hydroxyl groups is 1. The molecule has 3 N–H and O–H groups in total. The molecular weight excluding hydrogens is 412 g/mol. The maximum absolute atomic E-state index is 12.2. The van der Waals surface area contributed by atoms with E-state index < -0.39 is 22.0 Å². The van der Waals surface area contributed by atoms with Gasteiger partial charge >= 0.3 is 0 Å². The summed E-state index contributed by atoms with van der Waals surface area (Å²) in [7, 11) is -3.73. The number of hydrogen-bond acceptors (Lipinski definition) is 7. The third-order valence-corrected chi connectivity index (χ3v) is 5.49. The normalized spacial score (nSPS) is 13.3. The van der Waals surface area contributed by atoms with Crippen LogP contribution in [-0.2, 0) is 10.0 Å². The summed E-state index contributed by atoms with van der Waals surface area (Å²) in [5.74, 6) is 3.41. The second-order valence-electron chi connectivity index (χ2n) is 6.24. The molecule has 1 amide bonds. The van der Waals surface area contributed by atoms with Crippen molar-refractivity contribution in [2.75, 3.05) is 26.5 Å². The van der Waals surface area contributed by atoms with Crippen molar-refractivity contribution in [3.63, 3.8) is 0 Å². The molecule has 0 aliphatic carbocycles. The van der Waals surface area contributed by atoms with E-state index in [-0.39, 0.29) is 36.9 Å². The number of terminal acetylenes is 1. The van der Waals surface area contributed by atoms with Crippen molar-refractivity contribution in [2.24, 2.45) is 0 Å². The molecule has 1 aliphatic rings. The van der Waals surface area contributed by atoms with E-state index in [1.165, 1.54) is 24.3 Å². The summed E-state index contributed by atoms with van der Waals surface area (Å²) in [6.07, 6.45) is 4.09. The fourth-order valence-corrected chi connectivity index (χ4v) is 3.47. The maximum Gasteiger partial charge on any atom is 0.251 e. The van der Waals surface area contributed by atoms with Crippen molar-refractivity contribution in [1.82, 2.24) is 10.0 Å². The summed E-state index contributed by atoms with van der Waals surface area (Å²) in [6, 6.07) is 10.4. The van der Waals surface area contributed by atoms with Gasteiger partial charge in [0.2, 0.25) is 16.8 Å². The Kier molecular flexibility index (Phi) is 6.79. The van der Waals surface area contributed by atoms with Gasteiger partial charge in [-0.1, -0.05) is 5.92 Å². The highest BCUT2D eigenvalue weighted by Gasteiger charge is 2.16. The molecule has 1 heterocycles. The van der Waals surface area contributed by atoms with Crippen LogP contribution in [0.15, 0.2) is 47.4 Å². The molecule has 0 aromatic heterocycles. The number of benzene rings is 2. The minimum absolute atomic E-state index is 0.00791. The number of carbonyl (C=O) groups is 1. The molecule has 2 aromatic rings. The molecule has 0 saturated heterocycles. The second kappa shape index (κ2) is 9.49. The van der Waals surface area contributed by atoms with Crippen LogP contribution in [0.5, 0.6) is 17.2 Å². The molecule has 9 nitrogen and oxygen atoms in total. The van der Waals surface area contributed by atoms with Gasteiger partial charge in [0.15, 0.2) is 11.5 Å². The van der Waals surface area contributed by atoms with Crippen LogP contribution in [0.25, 0.3) is 0 Å². The average Bonchev–Trinajstić information content (AvgIpc) is 3.22. The predicted molar refractivity (Wildman–Crippen MR) is 107 cm³/mol. The Labute approximate surface area is 174 Å². The van der Waals surface area contributed by atoms with Gasteiger partial charge in [0.25, 0.3) is 5.91 Å². The fourth-order valence-electron chi connectivity index (χ4n) is 2.54. The molecule has 1 unspecified atom stereocenters. The molecule has 30 heavy (non-hydrogen) atoms. The minimum Gasteiger partial charge on any atom is -0.491 e. The Morgan fingerprint density at radius 1 is 1.20 bits per heavy atom. The average molecular weight is 432 g/mol. The molecule has 3 rings (SSSR count). The molecule has 2 aromatic carbocycles. The lowest BCUT2D eigenvalue weighted by atomic mass is 10.2. The fraction of sp³-hybridized carbons (Fsp3) is 0.250. The minimum atomic E-state index is -3.73. The molecule has 0 saturated carbocycles.